The molecule has 1 amide bonds. The molecule has 0 fully saturated rings. The summed E-state index contributed by atoms with van der Waals surface area (Å²) in [6.07, 6.45) is 0.831. The van der Waals surface area contributed by atoms with Crippen LogP contribution in [0.15, 0.2) is 17.2 Å². The van der Waals surface area contributed by atoms with E-state index in [9.17, 15) is 9.90 Å². The molecule has 1 aliphatic heterocycles. The highest BCUT2D eigenvalue weighted by Gasteiger charge is 2.20. The largest absolute Gasteiger partial charge is 0.506 e. The van der Waals surface area contributed by atoms with Crippen molar-refractivity contribution in [3.8, 4) is 11.5 Å². The number of halogens is 1. The molecule has 6 nitrogen and oxygen atoms in total. The molecule has 1 aromatic rings. The van der Waals surface area contributed by atoms with Crippen molar-refractivity contribution in [2.45, 2.75) is 12.8 Å². The first-order valence-corrected chi connectivity index (χ1v) is 6.00. The lowest BCUT2D eigenvalue weighted by Gasteiger charge is -2.17. The first-order chi connectivity index (χ1) is 9.13. The molecule has 0 unspecified atom stereocenters. The number of aromatic hydroxyl groups is 1. The van der Waals surface area contributed by atoms with Gasteiger partial charge >= 0.3 is 0 Å². The van der Waals surface area contributed by atoms with Gasteiger partial charge in [-0.25, -0.2) is 5.43 Å². The monoisotopic (exact) mass is 284 g/mol. The maximum absolute atomic E-state index is 11.1. The molecule has 19 heavy (non-hydrogen) atoms. The minimum absolute atomic E-state index is 0.00415. The summed E-state index contributed by atoms with van der Waals surface area (Å²) in [5, 5.41) is 13.7. The van der Waals surface area contributed by atoms with E-state index in [2.05, 4.69) is 10.5 Å². The highest BCUT2D eigenvalue weighted by molar-refractivity contribution is 6.34. The number of carbonyl (C=O) groups is 1. The first-order valence-electron chi connectivity index (χ1n) is 5.62. The number of hydrogen-bond acceptors (Lipinski definition) is 5. The molecular weight excluding hydrogens is 272 g/mol. The number of ether oxygens (including phenoxy) is 2. The number of benzene rings is 1. The fourth-order valence-corrected chi connectivity index (χ4v) is 1.92. The number of nitrogens with one attached hydrogen (secondary N) is 1. The predicted octanol–water partition coefficient (Wildman–Crippen LogP) is 1.64. The van der Waals surface area contributed by atoms with E-state index in [-0.39, 0.29) is 23.5 Å². The lowest BCUT2D eigenvalue weighted by Crippen LogP contribution is -2.26. The number of phenolic OH excluding ortho intramolecular Hbond substituents is 1. The van der Waals surface area contributed by atoms with Crippen LogP contribution >= 0.6 is 11.6 Å². The summed E-state index contributed by atoms with van der Waals surface area (Å²) in [6.45, 7) is -0.00415. The maximum Gasteiger partial charge on any atom is 0.240 e. The van der Waals surface area contributed by atoms with E-state index in [0.717, 1.165) is 0 Å². The SMILES string of the molecule is COCOc1c(C2=NNC(=O)CC2)ccc(O)c1Cl. The fraction of sp³-hybridized carbons (Fsp3) is 0.333. The third kappa shape index (κ3) is 2.97. The van der Waals surface area contributed by atoms with E-state index in [4.69, 9.17) is 21.1 Å². The van der Waals surface area contributed by atoms with Crippen LogP contribution in [0.4, 0.5) is 0 Å². The van der Waals surface area contributed by atoms with Crippen LogP contribution in [-0.2, 0) is 9.53 Å². The smallest absolute Gasteiger partial charge is 0.240 e. The van der Waals surface area contributed by atoms with E-state index in [1.54, 1.807) is 6.07 Å². The van der Waals surface area contributed by atoms with Gasteiger partial charge < -0.3 is 14.6 Å². The van der Waals surface area contributed by atoms with Gasteiger partial charge in [0.1, 0.15) is 10.8 Å². The molecule has 1 heterocycles. The standard InChI is InChI=1S/C12H13ClN2O4/c1-18-6-19-12-7(2-4-9(16)11(12)13)8-3-5-10(17)15-14-8/h2,4,16H,3,5-6H2,1H3,(H,15,17). The van der Waals surface area contributed by atoms with Crippen LogP contribution in [0.1, 0.15) is 18.4 Å². The summed E-state index contributed by atoms with van der Waals surface area (Å²) in [4.78, 5) is 11.1. The number of methoxy groups -OCH3 is 1. The van der Waals surface area contributed by atoms with Crippen molar-refractivity contribution in [1.82, 2.24) is 5.43 Å². The molecule has 0 radical (unpaired) electrons. The summed E-state index contributed by atoms with van der Waals surface area (Å²) in [6, 6.07) is 3.10. The normalized spacial score (nSPS) is 14.8. The zero-order chi connectivity index (χ0) is 13.8. The van der Waals surface area contributed by atoms with Gasteiger partial charge in [0.05, 0.1) is 5.71 Å². The van der Waals surface area contributed by atoms with E-state index in [1.165, 1.54) is 13.2 Å². The van der Waals surface area contributed by atoms with Crippen molar-refractivity contribution in [3.63, 3.8) is 0 Å². The average Bonchev–Trinajstić information content (AvgIpc) is 2.41. The Morgan fingerprint density at radius 1 is 1.47 bits per heavy atom. The van der Waals surface area contributed by atoms with Crippen LogP contribution in [0.25, 0.3) is 0 Å². The zero-order valence-electron chi connectivity index (χ0n) is 10.3. The Balaban J connectivity index is 2.39. The van der Waals surface area contributed by atoms with Crippen molar-refractivity contribution < 1.29 is 19.4 Å². The topological polar surface area (TPSA) is 80.2 Å². The van der Waals surface area contributed by atoms with Gasteiger partial charge in [0.25, 0.3) is 0 Å². The summed E-state index contributed by atoms with van der Waals surface area (Å²) in [7, 11) is 1.48. The number of rotatable bonds is 4. The zero-order valence-corrected chi connectivity index (χ0v) is 11.0. The van der Waals surface area contributed by atoms with E-state index >= 15 is 0 Å². The number of hydrogen-bond donors (Lipinski definition) is 2. The van der Waals surface area contributed by atoms with Crippen LogP contribution in [-0.4, -0.2) is 30.6 Å². The molecule has 7 heteroatoms. The quantitative estimate of drug-likeness (QED) is 0.824. The van der Waals surface area contributed by atoms with Crippen molar-refractivity contribution in [2.75, 3.05) is 13.9 Å². The summed E-state index contributed by atoms with van der Waals surface area (Å²) in [5.74, 6) is 0.0726. The molecule has 102 valence electrons. The lowest BCUT2D eigenvalue weighted by molar-refractivity contribution is -0.121. The molecular formula is C12H13ClN2O4. The number of nitrogens with zero attached hydrogens (tertiary/aromatic N) is 1. The molecule has 2 N–H and O–H groups in total. The molecule has 0 aliphatic carbocycles. The van der Waals surface area contributed by atoms with Crippen LogP contribution in [0.3, 0.4) is 0 Å². The summed E-state index contributed by atoms with van der Waals surface area (Å²) >= 11 is 6.01. The Morgan fingerprint density at radius 3 is 2.89 bits per heavy atom. The van der Waals surface area contributed by atoms with Crippen LogP contribution in [0, 0.1) is 0 Å². The van der Waals surface area contributed by atoms with Gasteiger partial charge in [-0.3, -0.25) is 4.79 Å². The highest BCUT2D eigenvalue weighted by Crippen LogP contribution is 2.37. The number of hydrazone groups is 1. The van der Waals surface area contributed by atoms with Gasteiger partial charge in [-0.05, 0) is 12.1 Å². The van der Waals surface area contributed by atoms with Crippen LogP contribution in [0.2, 0.25) is 5.02 Å². The molecule has 1 aliphatic rings. The minimum Gasteiger partial charge on any atom is -0.506 e. The Kier molecular flexibility index (Phi) is 4.24. The first kappa shape index (κ1) is 13.6. The fourth-order valence-electron chi connectivity index (χ4n) is 1.70. The number of carbonyl (C=O) groups excluding carboxylic acids is 1. The molecule has 0 saturated carbocycles. The molecule has 2 rings (SSSR count). The molecule has 0 spiro atoms. The molecule has 1 aromatic carbocycles. The van der Waals surface area contributed by atoms with Crippen LogP contribution in [0.5, 0.6) is 11.5 Å². The average molecular weight is 285 g/mol. The molecule has 0 atom stereocenters. The third-order valence-corrected chi connectivity index (χ3v) is 2.98. The summed E-state index contributed by atoms with van der Waals surface area (Å²) in [5.41, 5.74) is 3.68. The van der Waals surface area contributed by atoms with Gasteiger partial charge in [-0.1, -0.05) is 11.6 Å². The third-order valence-electron chi connectivity index (χ3n) is 2.61. The Hall–Kier alpha value is -1.79. The van der Waals surface area contributed by atoms with Crippen molar-refractivity contribution in [3.05, 3.63) is 22.7 Å². The number of amides is 1. The van der Waals surface area contributed by atoms with Crippen molar-refractivity contribution in [1.29, 1.82) is 0 Å². The van der Waals surface area contributed by atoms with Gasteiger partial charge in [-0.15, -0.1) is 0 Å². The number of phenols is 1. The van der Waals surface area contributed by atoms with Crippen molar-refractivity contribution >= 4 is 23.2 Å². The Bertz CT molecular complexity index is 531. The summed E-state index contributed by atoms with van der Waals surface area (Å²) < 4.78 is 10.2. The predicted molar refractivity (Wildman–Crippen MR) is 69.5 cm³/mol. The van der Waals surface area contributed by atoms with Crippen LogP contribution < -0.4 is 10.2 Å². The van der Waals surface area contributed by atoms with E-state index < -0.39 is 0 Å². The highest BCUT2D eigenvalue weighted by atomic mass is 35.5. The van der Waals surface area contributed by atoms with Gasteiger partial charge in [0.2, 0.25) is 5.91 Å². The Labute approximate surface area is 115 Å². The second-order valence-electron chi connectivity index (χ2n) is 3.92. The van der Waals surface area contributed by atoms with Gasteiger partial charge in [0, 0.05) is 25.5 Å². The Morgan fingerprint density at radius 2 is 2.26 bits per heavy atom. The molecule has 0 aromatic heterocycles. The second kappa shape index (κ2) is 5.90. The van der Waals surface area contributed by atoms with Crippen molar-refractivity contribution in [2.24, 2.45) is 5.10 Å². The van der Waals surface area contributed by atoms with E-state index in [1.807, 2.05) is 0 Å². The van der Waals surface area contributed by atoms with Gasteiger partial charge in [0.15, 0.2) is 12.5 Å². The maximum atomic E-state index is 11.1. The molecule has 0 saturated heterocycles. The van der Waals surface area contributed by atoms with E-state index in [0.29, 0.717) is 29.9 Å². The second-order valence-corrected chi connectivity index (χ2v) is 4.30. The van der Waals surface area contributed by atoms with Gasteiger partial charge in [-0.2, -0.15) is 5.10 Å². The minimum atomic E-state index is -0.131. The lowest BCUT2D eigenvalue weighted by atomic mass is 10.0. The molecule has 0 bridgehead atoms.